The molecule has 5 nitrogen and oxygen atoms in total. The lowest BCUT2D eigenvalue weighted by atomic mass is 9.78. The Morgan fingerprint density at radius 2 is 2.03 bits per heavy atom. The molecule has 0 aromatic carbocycles. The summed E-state index contributed by atoms with van der Waals surface area (Å²) >= 11 is 1.29. The van der Waals surface area contributed by atoms with E-state index in [9.17, 15) is 9.59 Å². The van der Waals surface area contributed by atoms with E-state index in [1.807, 2.05) is 6.07 Å². The van der Waals surface area contributed by atoms with Crippen molar-refractivity contribution in [2.24, 2.45) is 5.41 Å². The highest BCUT2D eigenvalue weighted by atomic mass is 32.1. The monoisotopic (exact) mass is 423 g/mol. The van der Waals surface area contributed by atoms with Gasteiger partial charge in [0.1, 0.15) is 11.1 Å². The molecule has 0 unspecified atom stereocenters. The van der Waals surface area contributed by atoms with E-state index in [0.717, 1.165) is 29.7 Å². The first-order chi connectivity index (χ1) is 14.3. The van der Waals surface area contributed by atoms with E-state index in [-0.39, 0.29) is 5.41 Å². The predicted octanol–water partition coefficient (Wildman–Crippen LogP) is 5.69. The SMILES string of the molecule is CC=C=C=CC(=O)N(C=C=C=CO)c1cc(C2=CCC(C)(C)CC2)sc1C(=O)OC. The number of rotatable bonds is 5. The molecule has 0 saturated carbocycles. The highest BCUT2D eigenvalue weighted by Gasteiger charge is 2.27. The summed E-state index contributed by atoms with van der Waals surface area (Å²) in [6, 6.07) is 1.81. The van der Waals surface area contributed by atoms with E-state index >= 15 is 0 Å². The van der Waals surface area contributed by atoms with Crippen LogP contribution in [0.15, 0.2) is 59.7 Å². The molecular formula is C24H25NO4S. The van der Waals surface area contributed by atoms with Crippen LogP contribution in [0.25, 0.3) is 5.57 Å². The van der Waals surface area contributed by atoms with Crippen LogP contribution < -0.4 is 4.90 Å². The molecule has 1 heterocycles. The van der Waals surface area contributed by atoms with Crippen molar-refractivity contribution in [3.05, 3.63) is 69.4 Å². The number of anilines is 1. The van der Waals surface area contributed by atoms with Crippen LogP contribution in [0.1, 0.15) is 54.6 Å². The molecule has 6 heteroatoms. The molecule has 1 N–H and O–H groups in total. The third-order valence-electron chi connectivity index (χ3n) is 4.63. The van der Waals surface area contributed by atoms with Gasteiger partial charge in [-0.15, -0.1) is 11.3 Å². The summed E-state index contributed by atoms with van der Waals surface area (Å²) in [4.78, 5) is 27.7. The third kappa shape index (κ3) is 5.89. The molecule has 0 radical (unpaired) electrons. The van der Waals surface area contributed by atoms with Gasteiger partial charge in [-0.25, -0.2) is 4.79 Å². The lowest BCUT2D eigenvalue weighted by Gasteiger charge is -2.28. The zero-order valence-electron chi connectivity index (χ0n) is 17.6. The fraction of sp³-hybridized carbons (Fsp3) is 0.333. The molecule has 0 atom stereocenters. The Morgan fingerprint density at radius 3 is 2.63 bits per heavy atom. The van der Waals surface area contributed by atoms with E-state index < -0.39 is 11.9 Å². The molecule has 0 fully saturated rings. The van der Waals surface area contributed by atoms with Gasteiger partial charge in [0.25, 0.3) is 5.91 Å². The number of ether oxygens (including phenoxy) is 1. The predicted molar refractivity (Wildman–Crippen MR) is 119 cm³/mol. The number of hydrogen-bond acceptors (Lipinski definition) is 5. The molecule has 2 rings (SSSR count). The van der Waals surface area contributed by atoms with Crippen LogP contribution in [-0.4, -0.2) is 24.1 Å². The standard InChI is InChI=1S/C24H25NO4S/c1-5-6-7-10-21(27)25(15-8-9-16-26)19-17-20(30-22(19)23(28)29-4)18-11-13-24(2,3)14-12-18/h5,10-11,15-17,26H,12-14H2,1-4H3. The third-order valence-corrected chi connectivity index (χ3v) is 5.81. The van der Waals surface area contributed by atoms with Crippen LogP contribution in [0, 0.1) is 5.41 Å². The second-order valence-corrected chi connectivity index (χ2v) is 8.44. The molecule has 0 spiro atoms. The van der Waals surface area contributed by atoms with Gasteiger partial charge in [-0.1, -0.05) is 31.4 Å². The Labute approximate surface area is 181 Å². The van der Waals surface area contributed by atoms with Gasteiger partial charge < -0.3 is 9.84 Å². The Morgan fingerprint density at radius 1 is 1.27 bits per heavy atom. The van der Waals surface area contributed by atoms with Gasteiger partial charge in [-0.3, -0.25) is 9.69 Å². The summed E-state index contributed by atoms with van der Waals surface area (Å²) in [5.74, 6) is -0.983. The Kier molecular flexibility index (Phi) is 8.09. The van der Waals surface area contributed by atoms with Crippen molar-refractivity contribution in [1.29, 1.82) is 0 Å². The Balaban J connectivity index is 2.61. The van der Waals surface area contributed by atoms with Crippen molar-refractivity contribution in [3.63, 3.8) is 0 Å². The second kappa shape index (κ2) is 10.5. The number of aliphatic hydroxyl groups excluding tert-OH is 1. The molecule has 0 bridgehead atoms. The van der Waals surface area contributed by atoms with Crippen LogP contribution in [0.3, 0.4) is 0 Å². The maximum absolute atomic E-state index is 12.8. The summed E-state index contributed by atoms with van der Waals surface area (Å²) in [5.41, 5.74) is 12.1. The van der Waals surface area contributed by atoms with Gasteiger partial charge in [-0.2, -0.15) is 0 Å². The van der Waals surface area contributed by atoms with Crippen LogP contribution >= 0.6 is 11.3 Å². The maximum Gasteiger partial charge on any atom is 0.350 e. The number of amides is 1. The number of carbonyl (C=O) groups is 2. The first kappa shape index (κ1) is 23.1. The quantitative estimate of drug-likeness (QED) is 0.286. The highest BCUT2D eigenvalue weighted by Crippen LogP contribution is 2.42. The average molecular weight is 424 g/mol. The van der Waals surface area contributed by atoms with Gasteiger partial charge in [0, 0.05) is 4.88 Å². The summed E-state index contributed by atoms with van der Waals surface area (Å²) < 4.78 is 4.94. The lowest BCUT2D eigenvalue weighted by Crippen LogP contribution is -2.24. The summed E-state index contributed by atoms with van der Waals surface area (Å²) in [6.45, 7) is 6.23. The maximum atomic E-state index is 12.8. The largest absolute Gasteiger partial charge is 0.507 e. The van der Waals surface area contributed by atoms with E-state index in [0.29, 0.717) is 16.8 Å². The number of hydrogen-bond donors (Lipinski definition) is 1. The number of aliphatic hydroxyl groups is 1. The number of carbonyl (C=O) groups excluding carboxylic acids is 2. The van der Waals surface area contributed by atoms with Crippen molar-refractivity contribution < 1.29 is 19.4 Å². The van der Waals surface area contributed by atoms with Crippen molar-refractivity contribution in [3.8, 4) is 0 Å². The molecular weight excluding hydrogens is 398 g/mol. The highest BCUT2D eigenvalue weighted by molar-refractivity contribution is 7.15. The summed E-state index contributed by atoms with van der Waals surface area (Å²) in [7, 11) is 1.30. The fourth-order valence-electron chi connectivity index (χ4n) is 2.91. The zero-order valence-corrected chi connectivity index (χ0v) is 18.4. The first-order valence-corrected chi connectivity index (χ1v) is 10.3. The molecule has 1 aromatic rings. The molecule has 1 aliphatic rings. The fourth-order valence-corrected chi connectivity index (χ4v) is 4.04. The number of esters is 1. The summed E-state index contributed by atoms with van der Waals surface area (Å²) in [5, 5.41) is 8.82. The van der Waals surface area contributed by atoms with Crippen LogP contribution in [-0.2, 0) is 9.53 Å². The Bertz CT molecular complexity index is 1050. The lowest BCUT2D eigenvalue weighted by molar-refractivity contribution is -0.113. The molecule has 30 heavy (non-hydrogen) atoms. The van der Waals surface area contributed by atoms with E-state index in [1.54, 1.807) is 13.0 Å². The normalized spacial score (nSPS) is 13.9. The van der Waals surface area contributed by atoms with Crippen molar-refractivity contribution in [2.45, 2.75) is 40.0 Å². The molecule has 156 valence electrons. The van der Waals surface area contributed by atoms with E-state index in [2.05, 4.69) is 42.8 Å². The number of thiophene rings is 1. The molecule has 1 aromatic heterocycles. The van der Waals surface area contributed by atoms with Crippen LogP contribution in [0.5, 0.6) is 0 Å². The minimum atomic E-state index is -0.529. The number of nitrogens with zero attached hydrogens (tertiary/aromatic N) is 1. The molecule has 0 aliphatic heterocycles. The zero-order chi connectivity index (χ0) is 22.1. The van der Waals surface area contributed by atoms with Gasteiger partial charge in [-0.05, 0) is 60.8 Å². The van der Waals surface area contributed by atoms with Crippen molar-refractivity contribution >= 4 is 34.5 Å². The number of methoxy groups -OCH3 is 1. The number of allylic oxidation sites excluding steroid dienone is 3. The minimum Gasteiger partial charge on any atom is -0.507 e. The smallest absolute Gasteiger partial charge is 0.350 e. The average Bonchev–Trinajstić information content (AvgIpc) is 3.15. The van der Waals surface area contributed by atoms with E-state index in [1.165, 1.54) is 35.6 Å². The van der Waals surface area contributed by atoms with Crippen molar-refractivity contribution in [1.82, 2.24) is 0 Å². The van der Waals surface area contributed by atoms with Gasteiger partial charge >= 0.3 is 5.97 Å². The van der Waals surface area contributed by atoms with Crippen LogP contribution in [0.4, 0.5) is 5.69 Å². The minimum absolute atomic E-state index is 0.255. The Hall–Kier alpha value is -3.22. The molecule has 1 amide bonds. The topological polar surface area (TPSA) is 66.8 Å². The molecule has 0 saturated heterocycles. The summed E-state index contributed by atoms with van der Waals surface area (Å²) in [6.07, 6.45) is 9.91. The molecule has 1 aliphatic carbocycles. The van der Waals surface area contributed by atoms with Crippen molar-refractivity contribution in [2.75, 3.05) is 12.0 Å². The van der Waals surface area contributed by atoms with Gasteiger partial charge in [0.2, 0.25) is 0 Å². The first-order valence-electron chi connectivity index (χ1n) is 9.50. The van der Waals surface area contributed by atoms with E-state index in [4.69, 9.17) is 9.84 Å². The second-order valence-electron chi connectivity index (χ2n) is 7.39. The van der Waals surface area contributed by atoms with Gasteiger partial charge in [0.15, 0.2) is 0 Å². The van der Waals surface area contributed by atoms with Gasteiger partial charge in [0.05, 0.1) is 25.1 Å². The van der Waals surface area contributed by atoms with Crippen LogP contribution in [0.2, 0.25) is 0 Å².